The molecule has 2 nitrogen and oxygen atoms in total. The fourth-order valence-electron chi connectivity index (χ4n) is 3.75. The van der Waals surface area contributed by atoms with Gasteiger partial charge in [0.1, 0.15) is 0 Å². The lowest BCUT2D eigenvalue weighted by Gasteiger charge is -2.12. The first kappa shape index (κ1) is 18.7. The van der Waals surface area contributed by atoms with E-state index in [4.69, 9.17) is 4.98 Å². The molecule has 0 saturated heterocycles. The molecule has 0 N–H and O–H groups in total. The summed E-state index contributed by atoms with van der Waals surface area (Å²) in [5.41, 5.74) is 6.20. The molecular weight excluding hydrogens is 360 g/mol. The Kier molecular flexibility index (Phi) is 6.03. The van der Waals surface area contributed by atoms with Crippen LogP contribution in [0.15, 0.2) is 78.4 Å². The third-order valence-corrected chi connectivity index (χ3v) is 6.02. The second-order valence-electron chi connectivity index (χ2n) is 7.07. The molecule has 0 aliphatic carbocycles. The number of benzene rings is 1. The van der Waals surface area contributed by atoms with Crippen LogP contribution in [0.4, 0.5) is 0 Å². The van der Waals surface area contributed by atoms with Gasteiger partial charge < -0.3 is 4.57 Å². The number of rotatable bonds is 8. The van der Waals surface area contributed by atoms with Crippen LogP contribution in [0.2, 0.25) is 0 Å². The maximum absolute atomic E-state index is 4.72. The van der Waals surface area contributed by atoms with Crippen molar-refractivity contribution < 1.29 is 0 Å². The highest BCUT2D eigenvalue weighted by atomic mass is 32.1. The van der Waals surface area contributed by atoms with Crippen molar-refractivity contribution in [1.29, 1.82) is 0 Å². The first-order valence-electron chi connectivity index (χ1n) is 10.1. The largest absolute Gasteiger partial charge is 0.320 e. The van der Waals surface area contributed by atoms with Gasteiger partial charge in [0.2, 0.25) is 0 Å². The van der Waals surface area contributed by atoms with Crippen molar-refractivity contribution in [3.63, 3.8) is 0 Å². The molecule has 0 bridgehead atoms. The predicted molar refractivity (Wildman–Crippen MR) is 120 cm³/mol. The highest BCUT2D eigenvalue weighted by Gasteiger charge is 2.20. The Morgan fingerprint density at radius 1 is 0.893 bits per heavy atom. The highest BCUT2D eigenvalue weighted by molar-refractivity contribution is 7.13. The Labute approximate surface area is 171 Å². The summed E-state index contributed by atoms with van der Waals surface area (Å²) in [5.74, 6) is 0. The molecule has 4 rings (SSSR count). The summed E-state index contributed by atoms with van der Waals surface area (Å²) >= 11 is 1.79. The second kappa shape index (κ2) is 9.03. The monoisotopic (exact) mass is 386 g/mol. The lowest BCUT2D eigenvalue weighted by molar-refractivity contribution is 0.656. The van der Waals surface area contributed by atoms with Crippen LogP contribution >= 0.6 is 11.3 Å². The molecule has 3 heterocycles. The molecule has 4 aromatic rings. The fourth-order valence-corrected chi connectivity index (χ4v) is 4.49. The fraction of sp³-hybridized carbons (Fsp3) is 0.240. The first-order valence-corrected chi connectivity index (χ1v) is 11.0. The van der Waals surface area contributed by atoms with Crippen molar-refractivity contribution in [2.24, 2.45) is 0 Å². The summed E-state index contributed by atoms with van der Waals surface area (Å²) in [4.78, 5) is 6.02. The van der Waals surface area contributed by atoms with Crippen molar-refractivity contribution in [3.8, 4) is 27.4 Å². The van der Waals surface area contributed by atoms with E-state index in [1.165, 1.54) is 53.1 Å². The molecule has 0 saturated carbocycles. The predicted octanol–water partition coefficient (Wildman–Crippen LogP) is 7.39. The van der Waals surface area contributed by atoms with Crippen LogP contribution in [0.5, 0.6) is 0 Å². The van der Waals surface area contributed by atoms with E-state index in [2.05, 4.69) is 77.7 Å². The molecule has 0 spiro atoms. The second-order valence-corrected chi connectivity index (χ2v) is 8.02. The smallest absolute Gasteiger partial charge is 0.0726 e. The van der Waals surface area contributed by atoms with E-state index in [1.54, 1.807) is 11.3 Å². The van der Waals surface area contributed by atoms with Gasteiger partial charge in [-0.2, -0.15) is 0 Å². The van der Waals surface area contributed by atoms with Crippen LogP contribution in [0, 0.1) is 0 Å². The van der Waals surface area contributed by atoms with E-state index in [0.717, 1.165) is 12.1 Å². The number of nitrogens with zero attached hydrogens (tertiary/aromatic N) is 2. The number of aromatic nitrogens is 2. The van der Waals surface area contributed by atoms with Gasteiger partial charge >= 0.3 is 0 Å². The number of thiophene rings is 1. The van der Waals surface area contributed by atoms with Crippen molar-refractivity contribution >= 4 is 11.3 Å². The van der Waals surface area contributed by atoms with Crippen molar-refractivity contribution in [2.45, 2.75) is 39.0 Å². The average molecular weight is 387 g/mol. The summed E-state index contributed by atoms with van der Waals surface area (Å²) < 4.78 is 2.38. The Balaban J connectivity index is 1.88. The Morgan fingerprint density at radius 2 is 1.75 bits per heavy atom. The Hall–Kier alpha value is -2.65. The Morgan fingerprint density at radius 3 is 2.46 bits per heavy atom. The van der Waals surface area contributed by atoms with Crippen molar-refractivity contribution in [3.05, 3.63) is 84.1 Å². The number of hydrogen-bond donors (Lipinski definition) is 0. The van der Waals surface area contributed by atoms with Crippen LogP contribution in [0.1, 0.15) is 38.3 Å². The van der Waals surface area contributed by atoms with E-state index in [-0.39, 0.29) is 0 Å². The van der Waals surface area contributed by atoms with Crippen LogP contribution in [0.25, 0.3) is 27.4 Å². The lowest BCUT2D eigenvalue weighted by Crippen LogP contribution is -2.01. The molecule has 0 aliphatic rings. The van der Waals surface area contributed by atoms with Crippen molar-refractivity contribution in [2.75, 3.05) is 0 Å². The third-order valence-electron chi connectivity index (χ3n) is 5.12. The van der Waals surface area contributed by atoms with E-state index < -0.39 is 0 Å². The summed E-state index contributed by atoms with van der Waals surface area (Å²) in [6.45, 7) is 2.26. The van der Waals surface area contributed by atoms with E-state index in [1.807, 2.05) is 12.3 Å². The minimum Gasteiger partial charge on any atom is -0.320 e. The molecule has 0 aliphatic heterocycles. The Bertz CT molecular complexity index is 986. The quantitative estimate of drug-likeness (QED) is 0.289. The number of unbranched alkanes of at least 4 members (excludes halogenated alkanes) is 3. The summed E-state index contributed by atoms with van der Waals surface area (Å²) in [7, 11) is 0. The zero-order chi connectivity index (χ0) is 19.2. The molecule has 0 atom stereocenters. The molecule has 1 aromatic carbocycles. The molecule has 3 aromatic heterocycles. The maximum atomic E-state index is 4.72. The molecule has 0 fully saturated rings. The van der Waals surface area contributed by atoms with Gasteiger partial charge in [0.05, 0.1) is 5.69 Å². The van der Waals surface area contributed by atoms with Gasteiger partial charge in [-0.1, -0.05) is 56.5 Å². The topological polar surface area (TPSA) is 17.8 Å². The highest BCUT2D eigenvalue weighted by Crippen LogP contribution is 2.39. The van der Waals surface area contributed by atoms with Gasteiger partial charge in [0, 0.05) is 39.8 Å². The van der Waals surface area contributed by atoms with Crippen molar-refractivity contribution in [1.82, 2.24) is 9.55 Å². The minimum absolute atomic E-state index is 1.06. The minimum atomic E-state index is 1.06. The zero-order valence-electron chi connectivity index (χ0n) is 16.3. The number of pyridine rings is 1. The van der Waals surface area contributed by atoms with Gasteiger partial charge in [0.25, 0.3) is 0 Å². The standard InChI is InChI=1S/C25H26N2S/c1-2-3-4-8-15-23-25(22-14-9-10-17-26-22)21(24-16-11-18-28-24)19-27(23)20-12-6-5-7-13-20/h5-7,9-14,16-19H,2-4,8,15H2,1H3. The van der Waals surface area contributed by atoms with Gasteiger partial charge in [-0.05, 0) is 48.6 Å². The number of hydrogen-bond acceptors (Lipinski definition) is 2. The van der Waals surface area contributed by atoms with E-state index in [9.17, 15) is 0 Å². The maximum Gasteiger partial charge on any atom is 0.0726 e. The summed E-state index contributed by atoms with van der Waals surface area (Å²) in [5, 5.41) is 2.15. The first-order chi connectivity index (χ1) is 13.9. The van der Waals surface area contributed by atoms with E-state index >= 15 is 0 Å². The SMILES string of the molecule is CCCCCCc1c(-c2ccccn2)c(-c2cccs2)cn1-c1ccccc1. The molecular formula is C25H26N2S. The average Bonchev–Trinajstić information content (AvgIpc) is 3.40. The third kappa shape index (κ3) is 3.95. The molecule has 0 amide bonds. The van der Waals surface area contributed by atoms with Gasteiger partial charge in [-0.25, -0.2) is 0 Å². The molecule has 0 unspecified atom stereocenters. The van der Waals surface area contributed by atoms with Crippen LogP contribution in [-0.2, 0) is 6.42 Å². The lowest BCUT2D eigenvalue weighted by atomic mass is 10.0. The van der Waals surface area contributed by atoms with Crippen LogP contribution in [0.3, 0.4) is 0 Å². The van der Waals surface area contributed by atoms with Gasteiger partial charge in [0.15, 0.2) is 0 Å². The van der Waals surface area contributed by atoms with Gasteiger partial charge in [-0.15, -0.1) is 11.3 Å². The summed E-state index contributed by atoms with van der Waals surface area (Å²) in [6, 6.07) is 21.2. The molecule has 3 heteroatoms. The molecule has 0 radical (unpaired) electrons. The number of para-hydroxylation sites is 1. The van der Waals surface area contributed by atoms with Crippen LogP contribution in [-0.4, -0.2) is 9.55 Å². The van der Waals surface area contributed by atoms with E-state index in [0.29, 0.717) is 0 Å². The van der Waals surface area contributed by atoms with Gasteiger partial charge in [-0.3, -0.25) is 4.98 Å². The zero-order valence-corrected chi connectivity index (χ0v) is 17.2. The molecule has 28 heavy (non-hydrogen) atoms. The normalized spacial score (nSPS) is 11.0. The van der Waals surface area contributed by atoms with Crippen LogP contribution < -0.4 is 0 Å². The molecule has 142 valence electrons. The summed E-state index contributed by atoms with van der Waals surface area (Å²) in [6.07, 6.45) is 10.3.